The molecule has 3 aromatic rings. The molecule has 0 bridgehead atoms. The number of Topliss-reactive ketones (excluding diaryl/α,β-unsaturated/α-hetero) is 1. The van der Waals surface area contributed by atoms with Crippen LogP contribution in [0.4, 0.5) is 4.39 Å². The van der Waals surface area contributed by atoms with Crippen LogP contribution in [0.25, 0.3) is 11.4 Å². The lowest BCUT2D eigenvalue weighted by molar-refractivity contribution is 0.0984. The lowest BCUT2D eigenvalue weighted by Gasteiger charge is -2.14. The third kappa shape index (κ3) is 7.42. The molecule has 4 N–H and O–H groups in total. The van der Waals surface area contributed by atoms with Crippen LogP contribution in [0, 0.1) is 5.82 Å². The summed E-state index contributed by atoms with van der Waals surface area (Å²) < 4.78 is 48.4. The normalized spacial score (nSPS) is 12.4. The van der Waals surface area contributed by atoms with Gasteiger partial charge in [0.15, 0.2) is 17.3 Å². The summed E-state index contributed by atoms with van der Waals surface area (Å²) in [5.74, 6) is -0.0789. The molecular formula is C22H26FN5O5S. The Bertz CT molecular complexity index is 1200. The molecule has 1 atom stereocenters. The summed E-state index contributed by atoms with van der Waals surface area (Å²) in [7, 11) is -2.39. The van der Waals surface area contributed by atoms with E-state index in [9.17, 15) is 17.6 Å². The number of nitrogens with zero attached hydrogens (tertiary/aromatic N) is 2. The van der Waals surface area contributed by atoms with E-state index in [0.29, 0.717) is 30.4 Å². The molecule has 0 aliphatic rings. The Labute approximate surface area is 196 Å². The second kappa shape index (κ2) is 11.8. The first-order valence-electron chi connectivity index (χ1n) is 10.5. The highest BCUT2D eigenvalue weighted by Gasteiger charge is 2.21. The lowest BCUT2D eigenvalue weighted by atomic mass is 10.1. The Morgan fingerprint density at radius 1 is 1.21 bits per heavy atom. The van der Waals surface area contributed by atoms with E-state index in [1.807, 2.05) is 6.07 Å². The number of nitrogens with two attached hydrogens (primary N) is 1. The number of unbranched alkanes of at least 4 members (excludes halogenated alkanes) is 1. The van der Waals surface area contributed by atoms with Crippen molar-refractivity contribution in [3.8, 4) is 17.1 Å². The molecule has 1 heterocycles. The molecule has 0 radical (unpaired) electrons. The zero-order valence-corrected chi connectivity index (χ0v) is 19.3. The van der Waals surface area contributed by atoms with Gasteiger partial charge in [0.1, 0.15) is 0 Å². The van der Waals surface area contributed by atoms with Gasteiger partial charge < -0.3 is 9.26 Å². The van der Waals surface area contributed by atoms with Gasteiger partial charge in [-0.1, -0.05) is 41.9 Å². The third-order valence-electron chi connectivity index (χ3n) is 4.98. The van der Waals surface area contributed by atoms with Crippen molar-refractivity contribution in [2.45, 2.75) is 25.3 Å². The fourth-order valence-corrected chi connectivity index (χ4v) is 3.66. The molecule has 0 aliphatic heterocycles. The molecule has 0 spiro atoms. The van der Waals surface area contributed by atoms with E-state index in [1.165, 1.54) is 25.3 Å². The quantitative estimate of drug-likeness (QED) is 0.244. The first-order valence-corrected chi connectivity index (χ1v) is 12.1. The number of ether oxygens (including phenoxy) is 1. The predicted molar refractivity (Wildman–Crippen MR) is 123 cm³/mol. The highest BCUT2D eigenvalue weighted by Crippen LogP contribution is 2.26. The molecule has 0 saturated carbocycles. The maximum Gasteiger partial charge on any atom is 0.274 e. The summed E-state index contributed by atoms with van der Waals surface area (Å²) in [5.41, 5.74) is 1.07. The Morgan fingerprint density at radius 3 is 2.68 bits per heavy atom. The van der Waals surface area contributed by atoms with E-state index in [1.54, 1.807) is 24.3 Å². The van der Waals surface area contributed by atoms with Crippen molar-refractivity contribution in [3.05, 3.63) is 65.8 Å². The number of nitrogens with one attached hydrogen (secondary N) is 2. The molecule has 1 unspecified atom stereocenters. The number of aromatic nitrogens is 2. The summed E-state index contributed by atoms with van der Waals surface area (Å²) in [5, 5.41) is 12.1. The van der Waals surface area contributed by atoms with E-state index in [-0.39, 0.29) is 36.3 Å². The lowest BCUT2D eigenvalue weighted by Crippen LogP contribution is -2.31. The van der Waals surface area contributed by atoms with Crippen molar-refractivity contribution < 1.29 is 26.9 Å². The van der Waals surface area contributed by atoms with Crippen LogP contribution in [0.1, 0.15) is 41.6 Å². The molecule has 0 amide bonds. The minimum atomic E-state index is -3.75. The molecule has 0 aliphatic carbocycles. The van der Waals surface area contributed by atoms with Crippen LogP contribution < -0.4 is 19.9 Å². The molecule has 182 valence electrons. The molecule has 34 heavy (non-hydrogen) atoms. The van der Waals surface area contributed by atoms with E-state index < -0.39 is 22.1 Å². The predicted octanol–water partition coefficient (Wildman–Crippen LogP) is 2.36. The Hall–Kier alpha value is -3.19. The molecule has 12 heteroatoms. The number of hydrogen-bond donors (Lipinski definition) is 3. The number of ketones is 1. The number of carbonyl (C=O) groups excluding carboxylic acids is 1. The number of halogens is 1. The number of benzene rings is 2. The van der Waals surface area contributed by atoms with Crippen LogP contribution in [0.5, 0.6) is 5.75 Å². The first-order chi connectivity index (χ1) is 16.3. The smallest absolute Gasteiger partial charge is 0.274 e. The van der Waals surface area contributed by atoms with E-state index in [4.69, 9.17) is 14.4 Å². The summed E-state index contributed by atoms with van der Waals surface area (Å²) in [6.45, 7) is 0.213. The van der Waals surface area contributed by atoms with Gasteiger partial charge in [-0.25, -0.2) is 14.3 Å². The number of methoxy groups -OCH3 is 1. The molecule has 3 rings (SSSR count). The minimum absolute atomic E-state index is 0.0339. The van der Waals surface area contributed by atoms with Crippen LogP contribution in [-0.2, 0) is 10.2 Å². The van der Waals surface area contributed by atoms with Gasteiger partial charge in [-0.15, -0.1) is 0 Å². The zero-order valence-electron chi connectivity index (χ0n) is 18.5. The highest BCUT2D eigenvalue weighted by molar-refractivity contribution is 7.87. The van der Waals surface area contributed by atoms with Crippen molar-refractivity contribution in [3.63, 3.8) is 0 Å². The SMILES string of the molecule is COc1cc(-c2noc(C(CCCCNS(N)(=O)=O)NCC(=O)c3ccccc3)n2)ccc1F. The highest BCUT2D eigenvalue weighted by atomic mass is 32.2. The third-order valence-corrected chi connectivity index (χ3v) is 5.58. The summed E-state index contributed by atoms with van der Waals surface area (Å²) >= 11 is 0. The average molecular weight is 492 g/mol. The monoisotopic (exact) mass is 491 g/mol. The standard InChI is InChI=1S/C22H26FN5O5S/c1-32-20-13-16(10-11-17(20)23)21-27-22(33-28-21)18(9-5-6-12-26-34(24,30)31)25-14-19(29)15-7-3-2-4-8-15/h2-4,7-8,10-11,13,18,25-26H,5-6,9,12,14H2,1H3,(H2,24,30,31). The van der Waals surface area contributed by atoms with Crippen LogP contribution in [-0.4, -0.2) is 44.5 Å². The van der Waals surface area contributed by atoms with Crippen molar-refractivity contribution >= 4 is 16.0 Å². The summed E-state index contributed by atoms with van der Waals surface area (Å²) in [6, 6.07) is 12.6. The number of rotatable bonds is 13. The van der Waals surface area contributed by atoms with Gasteiger partial charge in [-0.05, 0) is 31.0 Å². The Balaban J connectivity index is 1.71. The molecule has 2 aromatic carbocycles. The first kappa shape index (κ1) is 25.4. The van der Waals surface area contributed by atoms with Crippen LogP contribution in [0.3, 0.4) is 0 Å². The van der Waals surface area contributed by atoms with Crippen molar-refractivity contribution in [2.75, 3.05) is 20.2 Å². The van der Waals surface area contributed by atoms with Crippen molar-refractivity contribution in [2.24, 2.45) is 5.14 Å². The van der Waals surface area contributed by atoms with E-state index in [2.05, 4.69) is 20.2 Å². The minimum Gasteiger partial charge on any atom is -0.494 e. The summed E-state index contributed by atoms with van der Waals surface area (Å²) in [4.78, 5) is 16.9. The number of hydrogen-bond acceptors (Lipinski definition) is 8. The van der Waals surface area contributed by atoms with Gasteiger partial charge in [0.05, 0.1) is 19.7 Å². The fourth-order valence-electron chi connectivity index (χ4n) is 3.24. The topological polar surface area (TPSA) is 149 Å². The zero-order chi connectivity index (χ0) is 24.6. The van der Waals surface area contributed by atoms with Gasteiger partial charge in [0.2, 0.25) is 11.7 Å². The van der Waals surface area contributed by atoms with Crippen LogP contribution in [0.15, 0.2) is 53.1 Å². The maximum absolute atomic E-state index is 13.7. The molecule has 10 nitrogen and oxygen atoms in total. The molecule has 1 aromatic heterocycles. The molecule has 0 saturated heterocycles. The van der Waals surface area contributed by atoms with Gasteiger partial charge in [-0.2, -0.15) is 13.4 Å². The van der Waals surface area contributed by atoms with E-state index >= 15 is 0 Å². The largest absolute Gasteiger partial charge is 0.494 e. The molecule has 0 fully saturated rings. The van der Waals surface area contributed by atoms with Crippen molar-refractivity contribution in [1.29, 1.82) is 0 Å². The Kier molecular flexibility index (Phi) is 8.82. The molecular weight excluding hydrogens is 465 g/mol. The second-order valence-corrected chi connectivity index (χ2v) is 8.84. The average Bonchev–Trinajstić information content (AvgIpc) is 3.31. The van der Waals surface area contributed by atoms with Crippen LogP contribution >= 0.6 is 0 Å². The van der Waals surface area contributed by atoms with E-state index in [0.717, 1.165) is 0 Å². The second-order valence-electron chi connectivity index (χ2n) is 7.46. The summed E-state index contributed by atoms with van der Waals surface area (Å²) in [6.07, 6.45) is 1.59. The Morgan fingerprint density at radius 2 is 1.97 bits per heavy atom. The number of carbonyl (C=O) groups is 1. The van der Waals surface area contributed by atoms with Gasteiger partial charge in [0.25, 0.3) is 10.2 Å². The van der Waals surface area contributed by atoms with Gasteiger partial charge in [0, 0.05) is 17.7 Å². The van der Waals surface area contributed by atoms with Gasteiger partial charge >= 0.3 is 0 Å². The maximum atomic E-state index is 13.7. The fraction of sp³-hybridized carbons (Fsp3) is 0.318. The van der Waals surface area contributed by atoms with Gasteiger partial charge in [-0.3, -0.25) is 10.1 Å². The van der Waals surface area contributed by atoms with Crippen LogP contribution in [0.2, 0.25) is 0 Å². The van der Waals surface area contributed by atoms with Crippen molar-refractivity contribution in [1.82, 2.24) is 20.2 Å².